The van der Waals surface area contributed by atoms with E-state index in [4.69, 9.17) is 14.2 Å². The van der Waals surface area contributed by atoms with Gasteiger partial charge in [0.25, 0.3) is 0 Å². The van der Waals surface area contributed by atoms with E-state index >= 15 is 0 Å². The van der Waals surface area contributed by atoms with Crippen LogP contribution in [0.15, 0.2) is 85.5 Å². The lowest BCUT2D eigenvalue weighted by Gasteiger charge is -2.40. The van der Waals surface area contributed by atoms with Crippen LogP contribution < -0.4 is 14.8 Å². The number of hydrogen-bond acceptors (Lipinski definition) is 9. The number of hydrogen-bond donors (Lipinski definition) is 3. The number of aryl methyl sites for hydroxylation is 4. The Morgan fingerprint density at radius 3 is 1.71 bits per heavy atom. The van der Waals surface area contributed by atoms with Gasteiger partial charge < -0.3 is 34.6 Å². The van der Waals surface area contributed by atoms with Crippen molar-refractivity contribution in [2.75, 3.05) is 26.3 Å². The van der Waals surface area contributed by atoms with Gasteiger partial charge in [0.2, 0.25) is 0 Å². The van der Waals surface area contributed by atoms with E-state index in [9.17, 15) is 15.0 Å². The average Bonchev–Trinajstić information content (AvgIpc) is 3.09. The van der Waals surface area contributed by atoms with Crippen LogP contribution in [0.1, 0.15) is 67.0 Å². The Morgan fingerprint density at radius 2 is 1.25 bits per heavy atom. The minimum absolute atomic E-state index is 0.0368. The van der Waals surface area contributed by atoms with Crippen LogP contribution in [0.2, 0.25) is 0 Å². The van der Waals surface area contributed by atoms with Gasteiger partial charge in [-0.15, -0.1) is 0 Å². The number of likely N-dealkylation sites (tertiary alicyclic amines) is 1. The van der Waals surface area contributed by atoms with E-state index in [2.05, 4.69) is 39.6 Å². The Balaban J connectivity index is 0.000000205. The number of pyridine rings is 2. The van der Waals surface area contributed by atoms with Gasteiger partial charge in [-0.2, -0.15) is 0 Å². The first-order chi connectivity index (χ1) is 24.7. The molecule has 0 unspecified atom stereocenters. The molecule has 0 saturated carbocycles. The number of nitrogens with zero attached hydrogens (tertiary/aromatic N) is 3. The van der Waals surface area contributed by atoms with Crippen LogP contribution >= 0.6 is 0 Å². The normalized spacial score (nSPS) is 16.6. The van der Waals surface area contributed by atoms with Crippen molar-refractivity contribution < 1.29 is 29.2 Å². The highest BCUT2D eigenvalue weighted by atomic mass is 16.6. The molecular weight excluding hydrogens is 644 g/mol. The molecule has 2 aliphatic heterocycles. The summed E-state index contributed by atoms with van der Waals surface area (Å²) in [5.74, 6) is 1.55. The summed E-state index contributed by atoms with van der Waals surface area (Å²) >= 11 is 0. The Labute approximate surface area is 301 Å². The van der Waals surface area contributed by atoms with Crippen molar-refractivity contribution in [3.05, 3.63) is 119 Å². The van der Waals surface area contributed by atoms with E-state index in [-0.39, 0.29) is 25.3 Å². The number of aromatic nitrogens is 2. The van der Waals surface area contributed by atoms with E-state index in [1.807, 2.05) is 69.6 Å². The second-order valence-corrected chi connectivity index (χ2v) is 14.2. The van der Waals surface area contributed by atoms with E-state index in [0.29, 0.717) is 31.5 Å². The second-order valence-electron chi connectivity index (χ2n) is 14.2. The molecule has 2 saturated heterocycles. The summed E-state index contributed by atoms with van der Waals surface area (Å²) in [6, 6.07) is 20.6. The standard InChI is InChI=1S/C23H30N2O4.C18H22N2O2/c1-23(2,3)29-22(27)25-10-9-20(25)16-28-21-12-18(13-24-14-21)8-7-17-5-4-6-19(11-17)15-26;21-12-16-3-1-2-14(8-16)4-5-15-9-18(11-19-10-15)22-13-17-6-7-20-17/h4-6,11-14,20,26H,7-10,15-16H2,1-3H3;1-3,8-11,17,20-21H,4-7,12-13H2/t20-;17-/m00/s1. The van der Waals surface area contributed by atoms with Gasteiger partial charge in [0.05, 0.1) is 31.6 Å². The van der Waals surface area contributed by atoms with Crippen LogP contribution in [0.4, 0.5) is 4.79 Å². The number of carbonyl (C=O) groups is 1. The third-order valence-corrected chi connectivity index (χ3v) is 8.88. The fourth-order valence-corrected chi connectivity index (χ4v) is 5.76. The highest BCUT2D eigenvalue weighted by Crippen LogP contribution is 2.23. The molecular formula is C41H52N4O6. The molecule has 2 aliphatic rings. The lowest BCUT2D eigenvalue weighted by molar-refractivity contribution is -0.0141. The monoisotopic (exact) mass is 696 g/mol. The highest BCUT2D eigenvalue weighted by molar-refractivity contribution is 5.69. The zero-order chi connectivity index (χ0) is 36.1. The summed E-state index contributed by atoms with van der Waals surface area (Å²) in [6.45, 7) is 8.70. The fraction of sp³-hybridized carbons (Fsp3) is 0.439. The van der Waals surface area contributed by atoms with Crippen LogP contribution in [0, 0.1) is 0 Å². The first-order valence-electron chi connectivity index (χ1n) is 17.9. The third kappa shape index (κ3) is 12.3. The molecule has 10 nitrogen and oxygen atoms in total. The molecule has 3 N–H and O–H groups in total. The van der Waals surface area contributed by atoms with Gasteiger partial charge >= 0.3 is 6.09 Å². The maximum absolute atomic E-state index is 12.2. The van der Waals surface area contributed by atoms with Crippen molar-refractivity contribution in [2.24, 2.45) is 0 Å². The number of nitrogens with one attached hydrogen (secondary N) is 1. The van der Waals surface area contributed by atoms with Gasteiger partial charge in [-0.3, -0.25) is 9.97 Å². The largest absolute Gasteiger partial charge is 0.490 e. The van der Waals surface area contributed by atoms with Crippen molar-refractivity contribution >= 4 is 6.09 Å². The van der Waals surface area contributed by atoms with Crippen molar-refractivity contribution in [1.82, 2.24) is 20.2 Å². The van der Waals surface area contributed by atoms with E-state index in [1.165, 1.54) is 23.1 Å². The van der Waals surface area contributed by atoms with E-state index in [0.717, 1.165) is 61.1 Å². The number of rotatable bonds is 14. The minimum atomic E-state index is -0.493. The van der Waals surface area contributed by atoms with Gasteiger partial charge in [0.15, 0.2) is 0 Å². The minimum Gasteiger partial charge on any atom is -0.490 e. The van der Waals surface area contributed by atoms with Crippen molar-refractivity contribution in [1.29, 1.82) is 0 Å². The van der Waals surface area contributed by atoms with Crippen LogP contribution in [-0.2, 0) is 43.6 Å². The van der Waals surface area contributed by atoms with Gasteiger partial charge in [0.1, 0.15) is 30.3 Å². The summed E-state index contributed by atoms with van der Waals surface area (Å²) in [7, 11) is 0. The van der Waals surface area contributed by atoms with Gasteiger partial charge in [-0.25, -0.2) is 4.79 Å². The maximum atomic E-state index is 12.2. The molecule has 4 heterocycles. The zero-order valence-electron chi connectivity index (χ0n) is 30.1. The SMILES string of the molecule is CC(C)(C)OC(=O)N1CC[C@H]1COc1cncc(CCc2cccc(CO)c2)c1.OCc1cccc(CCc2cncc(OC[C@@H]3CCN3)c2)c1. The van der Waals surface area contributed by atoms with Gasteiger partial charge in [0, 0.05) is 25.0 Å². The Kier molecular flexibility index (Phi) is 13.8. The Bertz CT molecular complexity index is 1690. The number of aliphatic hydroxyl groups excluding tert-OH is 2. The molecule has 2 fully saturated rings. The molecule has 2 aromatic heterocycles. The van der Waals surface area contributed by atoms with Crippen LogP contribution in [0.5, 0.6) is 11.5 Å². The number of amides is 1. The molecule has 51 heavy (non-hydrogen) atoms. The molecule has 1 amide bonds. The summed E-state index contributed by atoms with van der Waals surface area (Å²) in [5, 5.41) is 21.8. The Hall–Kier alpha value is -4.51. The van der Waals surface area contributed by atoms with Crippen LogP contribution in [0.3, 0.4) is 0 Å². The average molecular weight is 697 g/mol. The predicted octanol–water partition coefficient (Wildman–Crippen LogP) is 5.85. The first-order valence-corrected chi connectivity index (χ1v) is 17.9. The second kappa shape index (κ2) is 18.6. The van der Waals surface area contributed by atoms with Crippen LogP contribution in [-0.4, -0.2) is 75.2 Å². The molecule has 0 aliphatic carbocycles. The molecule has 4 aromatic rings. The van der Waals surface area contributed by atoms with Crippen LogP contribution in [0.25, 0.3) is 0 Å². The number of ether oxygens (including phenoxy) is 3. The number of benzene rings is 2. The molecule has 0 bridgehead atoms. The van der Waals surface area contributed by atoms with Gasteiger partial charge in [-0.05, 0) is 111 Å². The molecule has 2 aromatic carbocycles. The number of carbonyl (C=O) groups excluding carboxylic acids is 1. The quantitative estimate of drug-likeness (QED) is 0.149. The summed E-state index contributed by atoms with van der Waals surface area (Å²) in [4.78, 5) is 22.5. The topological polar surface area (TPSA) is 126 Å². The third-order valence-electron chi connectivity index (χ3n) is 8.88. The lowest BCUT2D eigenvalue weighted by Crippen LogP contribution is -2.55. The summed E-state index contributed by atoms with van der Waals surface area (Å²) < 4.78 is 17.1. The van der Waals surface area contributed by atoms with Crippen molar-refractivity contribution in [3.63, 3.8) is 0 Å². The smallest absolute Gasteiger partial charge is 0.410 e. The van der Waals surface area contributed by atoms with Crippen molar-refractivity contribution in [2.45, 2.75) is 90.2 Å². The zero-order valence-corrected chi connectivity index (χ0v) is 30.1. The summed E-state index contributed by atoms with van der Waals surface area (Å²) in [6.07, 6.45) is 12.6. The molecule has 10 heteroatoms. The summed E-state index contributed by atoms with van der Waals surface area (Å²) in [5.41, 5.74) is 6.07. The highest BCUT2D eigenvalue weighted by Gasteiger charge is 2.35. The molecule has 2 atom stereocenters. The fourth-order valence-electron chi connectivity index (χ4n) is 5.76. The van der Waals surface area contributed by atoms with Crippen molar-refractivity contribution in [3.8, 4) is 11.5 Å². The lowest BCUT2D eigenvalue weighted by atomic mass is 10.0. The molecule has 272 valence electrons. The first kappa shape index (κ1) is 37.7. The molecule has 0 spiro atoms. The van der Waals surface area contributed by atoms with E-state index in [1.54, 1.807) is 17.3 Å². The number of aliphatic hydroxyl groups is 2. The Morgan fingerprint density at radius 1 is 0.745 bits per heavy atom. The maximum Gasteiger partial charge on any atom is 0.410 e. The predicted molar refractivity (Wildman–Crippen MR) is 197 cm³/mol. The van der Waals surface area contributed by atoms with Gasteiger partial charge in [-0.1, -0.05) is 48.5 Å². The van der Waals surface area contributed by atoms with E-state index < -0.39 is 5.60 Å². The molecule has 6 rings (SSSR count). The molecule has 0 radical (unpaired) electrons.